The summed E-state index contributed by atoms with van der Waals surface area (Å²) in [5, 5.41) is 12.2. The van der Waals surface area contributed by atoms with Crippen molar-refractivity contribution in [2.45, 2.75) is 33.3 Å². The Hall–Kier alpha value is -2.24. The number of amides is 1. The van der Waals surface area contributed by atoms with Gasteiger partial charge in [0.05, 0.1) is 10.0 Å². The summed E-state index contributed by atoms with van der Waals surface area (Å²) >= 11 is 12.5. The Bertz CT molecular complexity index is 813. The molecule has 0 saturated heterocycles. The van der Waals surface area contributed by atoms with Crippen molar-refractivity contribution in [3.63, 3.8) is 0 Å². The number of carboxylic acid groups (broad SMARTS) is 1. The van der Waals surface area contributed by atoms with Crippen molar-refractivity contribution in [3.8, 4) is 5.75 Å². The van der Waals surface area contributed by atoms with Gasteiger partial charge >= 0.3 is 5.97 Å². The molecule has 0 fully saturated rings. The van der Waals surface area contributed by atoms with Crippen LogP contribution in [0.5, 0.6) is 5.75 Å². The minimum absolute atomic E-state index is 0.00206. The third-order valence-corrected chi connectivity index (χ3v) is 4.09. The summed E-state index contributed by atoms with van der Waals surface area (Å²) in [4.78, 5) is 21.9. The number of hydrogen-bond acceptors (Lipinski definition) is 3. The first-order valence-corrected chi connectivity index (χ1v) is 8.71. The van der Waals surface area contributed by atoms with E-state index in [1.54, 1.807) is 12.1 Å². The molecule has 0 aliphatic rings. The van der Waals surface area contributed by atoms with Crippen LogP contribution < -0.4 is 10.1 Å². The Kier molecular flexibility index (Phi) is 6.89. The predicted molar refractivity (Wildman–Crippen MR) is 102 cm³/mol. The second-order valence-electron chi connectivity index (χ2n) is 5.96. The van der Waals surface area contributed by atoms with Crippen molar-refractivity contribution in [2.24, 2.45) is 0 Å². The lowest BCUT2D eigenvalue weighted by molar-refractivity contribution is -0.137. The monoisotopic (exact) mass is 395 g/mol. The van der Waals surface area contributed by atoms with Gasteiger partial charge in [0.25, 0.3) is 0 Å². The highest BCUT2D eigenvalue weighted by atomic mass is 35.5. The zero-order chi connectivity index (χ0) is 19.3. The predicted octanol–water partition coefficient (Wildman–Crippen LogP) is 4.86. The average Bonchev–Trinajstić information content (AvgIpc) is 2.50. The van der Waals surface area contributed by atoms with Crippen molar-refractivity contribution in [1.82, 2.24) is 0 Å². The van der Waals surface area contributed by atoms with Gasteiger partial charge in [-0.2, -0.15) is 0 Å². The Balaban J connectivity index is 2.13. The van der Waals surface area contributed by atoms with E-state index in [2.05, 4.69) is 5.32 Å². The topological polar surface area (TPSA) is 75.6 Å². The van der Waals surface area contributed by atoms with E-state index in [1.165, 1.54) is 6.92 Å². The molecule has 0 heterocycles. The summed E-state index contributed by atoms with van der Waals surface area (Å²) in [5.74, 6) is -0.688. The fraction of sp³-hybridized carbons (Fsp3) is 0.263. The summed E-state index contributed by atoms with van der Waals surface area (Å²) in [6.45, 7) is 3.60. The third kappa shape index (κ3) is 5.93. The summed E-state index contributed by atoms with van der Waals surface area (Å²) in [7, 11) is 0. The van der Waals surface area contributed by atoms with E-state index < -0.39 is 5.97 Å². The first-order valence-electron chi connectivity index (χ1n) is 7.95. The molecule has 0 aliphatic heterocycles. The maximum absolute atomic E-state index is 11.2. The zero-order valence-electron chi connectivity index (χ0n) is 14.4. The van der Waals surface area contributed by atoms with Crippen LogP contribution in [0.3, 0.4) is 0 Å². The maximum Gasteiger partial charge on any atom is 0.303 e. The molecule has 0 aromatic heterocycles. The highest BCUT2D eigenvalue weighted by molar-refractivity contribution is 6.37. The number of halogens is 2. The van der Waals surface area contributed by atoms with Crippen molar-refractivity contribution in [2.75, 3.05) is 5.32 Å². The summed E-state index contributed by atoms with van der Waals surface area (Å²) in [5.41, 5.74) is 3.27. The average molecular weight is 396 g/mol. The van der Waals surface area contributed by atoms with Crippen LogP contribution in [0.4, 0.5) is 5.69 Å². The molecule has 0 aliphatic carbocycles. The number of carboxylic acids is 1. The zero-order valence-corrected chi connectivity index (χ0v) is 15.9. The molecule has 2 aromatic carbocycles. The highest BCUT2D eigenvalue weighted by Crippen LogP contribution is 2.35. The smallest absolute Gasteiger partial charge is 0.303 e. The number of ether oxygens (including phenoxy) is 1. The molecule has 26 heavy (non-hydrogen) atoms. The van der Waals surface area contributed by atoms with Crippen LogP contribution in [-0.2, 0) is 22.6 Å². The number of rotatable bonds is 7. The molecule has 0 radical (unpaired) electrons. The molecule has 2 aromatic rings. The third-order valence-electron chi connectivity index (χ3n) is 3.53. The number of carbonyl (C=O) groups excluding carboxylic acids is 1. The fourth-order valence-corrected chi connectivity index (χ4v) is 3.16. The number of aryl methyl sites for hydroxylation is 2. The van der Waals surface area contributed by atoms with E-state index in [0.717, 1.165) is 16.7 Å². The van der Waals surface area contributed by atoms with Crippen LogP contribution in [-0.4, -0.2) is 17.0 Å². The molecule has 0 bridgehead atoms. The van der Waals surface area contributed by atoms with Crippen LogP contribution in [0.25, 0.3) is 0 Å². The molecule has 5 nitrogen and oxygen atoms in total. The number of nitrogens with one attached hydrogen (secondary N) is 1. The summed E-state index contributed by atoms with van der Waals surface area (Å²) in [6, 6.07) is 8.93. The molecule has 0 unspecified atom stereocenters. The molecular weight excluding hydrogens is 377 g/mol. The second kappa shape index (κ2) is 8.92. The van der Waals surface area contributed by atoms with Crippen molar-refractivity contribution in [1.29, 1.82) is 0 Å². The first-order chi connectivity index (χ1) is 12.2. The van der Waals surface area contributed by atoms with Gasteiger partial charge in [-0.05, 0) is 54.3 Å². The van der Waals surface area contributed by atoms with Gasteiger partial charge in [0.15, 0.2) is 5.75 Å². The van der Waals surface area contributed by atoms with Crippen LogP contribution >= 0.6 is 23.2 Å². The van der Waals surface area contributed by atoms with Gasteiger partial charge in [-0.15, -0.1) is 0 Å². The quantitative estimate of drug-likeness (QED) is 0.701. The molecule has 2 N–H and O–H groups in total. The van der Waals surface area contributed by atoms with Crippen LogP contribution in [0, 0.1) is 6.92 Å². The molecular formula is C19H19Cl2NO4. The largest absolute Gasteiger partial charge is 0.486 e. The number of hydrogen-bond donors (Lipinski definition) is 2. The van der Waals surface area contributed by atoms with Crippen molar-refractivity contribution < 1.29 is 19.4 Å². The van der Waals surface area contributed by atoms with Gasteiger partial charge < -0.3 is 15.2 Å². The number of carbonyl (C=O) groups is 2. The SMILES string of the molecule is CC(=O)Nc1cc(C)cc(COc2c(Cl)cc(CCC(=O)O)cc2Cl)c1. The van der Waals surface area contributed by atoms with E-state index in [1.807, 2.05) is 25.1 Å². The summed E-state index contributed by atoms with van der Waals surface area (Å²) < 4.78 is 5.76. The Morgan fingerprint density at radius 2 is 1.73 bits per heavy atom. The Labute approximate surface area is 161 Å². The molecule has 2 rings (SSSR count). The lowest BCUT2D eigenvalue weighted by atomic mass is 10.1. The molecule has 0 atom stereocenters. The second-order valence-corrected chi connectivity index (χ2v) is 6.77. The van der Waals surface area contributed by atoms with Crippen molar-refractivity contribution >= 4 is 40.8 Å². The highest BCUT2D eigenvalue weighted by Gasteiger charge is 2.12. The van der Waals surface area contributed by atoms with Gasteiger partial charge in [-0.3, -0.25) is 9.59 Å². The standard InChI is InChI=1S/C19H19Cl2NO4/c1-11-5-14(7-15(6-11)22-12(2)23)10-26-19-16(20)8-13(9-17(19)21)3-4-18(24)25/h5-9H,3-4,10H2,1-2H3,(H,22,23)(H,24,25). The van der Waals surface area contributed by atoms with Crippen LogP contribution in [0.1, 0.15) is 30.0 Å². The normalized spacial score (nSPS) is 10.5. The minimum Gasteiger partial charge on any atom is -0.486 e. The lowest BCUT2D eigenvalue weighted by Crippen LogP contribution is -2.07. The lowest BCUT2D eigenvalue weighted by Gasteiger charge is -2.13. The van der Waals surface area contributed by atoms with E-state index in [9.17, 15) is 9.59 Å². The van der Waals surface area contributed by atoms with E-state index >= 15 is 0 Å². The Morgan fingerprint density at radius 1 is 1.08 bits per heavy atom. The molecule has 1 amide bonds. The number of anilines is 1. The minimum atomic E-state index is -0.882. The van der Waals surface area contributed by atoms with Gasteiger partial charge in [-0.1, -0.05) is 29.3 Å². The number of benzene rings is 2. The van der Waals surface area contributed by atoms with Crippen molar-refractivity contribution in [3.05, 3.63) is 57.1 Å². The van der Waals surface area contributed by atoms with E-state index in [4.69, 9.17) is 33.0 Å². The van der Waals surface area contributed by atoms with Gasteiger partial charge in [0.2, 0.25) is 5.91 Å². The molecule has 7 heteroatoms. The maximum atomic E-state index is 11.2. The van der Waals surface area contributed by atoms with E-state index in [0.29, 0.717) is 27.9 Å². The molecule has 138 valence electrons. The van der Waals surface area contributed by atoms with Gasteiger partial charge in [-0.25, -0.2) is 0 Å². The summed E-state index contributed by atoms with van der Waals surface area (Å²) in [6.07, 6.45) is 0.342. The number of aliphatic carboxylic acids is 1. The molecule has 0 saturated carbocycles. The molecule has 0 spiro atoms. The van der Waals surface area contributed by atoms with Crippen LogP contribution in [0.15, 0.2) is 30.3 Å². The fourth-order valence-electron chi connectivity index (χ4n) is 2.52. The van der Waals surface area contributed by atoms with Gasteiger partial charge in [0, 0.05) is 19.0 Å². The van der Waals surface area contributed by atoms with Crippen LogP contribution in [0.2, 0.25) is 10.0 Å². The first kappa shape index (κ1) is 20.1. The van der Waals surface area contributed by atoms with E-state index in [-0.39, 0.29) is 18.9 Å². The Morgan fingerprint density at radius 3 is 2.31 bits per heavy atom. The van der Waals surface area contributed by atoms with Gasteiger partial charge in [0.1, 0.15) is 6.61 Å².